The molecule has 0 aliphatic rings. The number of amides is 3. The Balaban J connectivity index is 2.05. The zero-order chi connectivity index (χ0) is 31.7. The van der Waals surface area contributed by atoms with Crippen molar-refractivity contribution in [1.29, 1.82) is 0 Å². The molecule has 3 rings (SSSR count). The number of carbonyl (C=O) groups excluding carboxylic acids is 3. The summed E-state index contributed by atoms with van der Waals surface area (Å²) < 4.78 is 10.6. The third-order valence-corrected chi connectivity index (χ3v) is 6.44. The minimum Gasteiger partial charge on any atom is -0.508 e. The standard InChI is InChI=1S/C32H39N3O8/c1-20-18-22(8-15-27(20)38)28(29(39)33-23-9-13-25(42-5)14-10-23)35(16-17-36)30(40)26(34-31(41)43-32(2,3)4)19-21-6-11-24(37)12-7-21/h6-15,18,26,28,36-38H,16-17,19H2,1-5H3,(H,33,39)(H,34,41). The number of methoxy groups -OCH3 is 1. The molecule has 3 aromatic carbocycles. The second-order valence-electron chi connectivity index (χ2n) is 11.0. The number of phenolic OH excluding ortho intramolecular Hbond substituents is 2. The smallest absolute Gasteiger partial charge is 0.408 e. The van der Waals surface area contributed by atoms with Gasteiger partial charge in [-0.3, -0.25) is 9.59 Å². The molecule has 11 nitrogen and oxygen atoms in total. The van der Waals surface area contributed by atoms with Gasteiger partial charge in [-0.1, -0.05) is 18.2 Å². The highest BCUT2D eigenvalue weighted by atomic mass is 16.6. The van der Waals surface area contributed by atoms with E-state index in [9.17, 15) is 29.7 Å². The Kier molecular flexibility index (Phi) is 11.0. The van der Waals surface area contributed by atoms with Gasteiger partial charge in [0.25, 0.3) is 5.91 Å². The number of aryl methyl sites for hydroxylation is 1. The number of phenols is 2. The first-order valence-electron chi connectivity index (χ1n) is 13.7. The maximum absolute atomic E-state index is 14.3. The van der Waals surface area contributed by atoms with Gasteiger partial charge < -0.3 is 40.3 Å². The van der Waals surface area contributed by atoms with E-state index in [1.807, 2.05) is 0 Å². The lowest BCUT2D eigenvalue weighted by atomic mass is 9.98. The topological polar surface area (TPSA) is 158 Å². The average Bonchev–Trinajstić information content (AvgIpc) is 2.94. The Hall–Kier alpha value is -4.77. The second kappa shape index (κ2) is 14.4. The molecule has 11 heteroatoms. The van der Waals surface area contributed by atoms with Gasteiger partial charge in [0.1, 0.15) is 34.9 Å². The van der Waals surface area contributed by atoms with E-state index in [0.29, 0.717) is 28.1 Å². The molecule has 0 fully saturated rings. The van der Waals surface area contributed by atoms with Crippen molar-refractivity contribution in [3.8, 4) is 17.2 Å². The normalized spacial score (nSPS) is 12.5. The molecule has 0 aromatic heterocycles. The van der Waals surface area contributed by atoms with Crippen LogP contribution in [-0.2, 0) is 20.7 Å². The number of rotatable bonds is 11. The fourth-order valence-corrected chi connectivity index (χ4v) is 4.40. The number of ether oxygens (including phenoxy) is 2. The monoisotopic (exact) mass is 593 g/mol. The van der Waals surface area contributed by atoms with Gasteiger partial charge in [-0.25, -0.2) is 4.79 Å². The van der Waals surface area contributed by atoms with Crippen LogP contribution in [0.3, 0.4) is 0 Å². The number of carbonyl (C=O) groups is 3. The minimum atomic E-state index is -1.26. The lowest BCUT2D eigenvalue weighted by Gasteiger charge is -2.34. The molecule has 0 radical (unpaired) electrons. The van der Waals surface area contributed by atoms with Crippen LogP contribution in [0.1, 0.15) is 43.5 Å². The fourth-order valence-electron chi connectivity index (χ4n) is 4.40. The molecule has 2 unspecified atom stereocenters. The van der Waals surface area contributed by atoms with Crippen LogP contribution in [-0.4, -0.2) is 70.0 Å². The Labute approximate surface area is 251 Å². The summed E-state index contributed by atoms with van der Waals surface area (Å²) in [5.74, 6) is -0.612. The van der Waals surface area contributed by atoms with E-state index in [1.54, 1.807) is 70.2 Å². The summed E-state index contributed by atoms with van der Waals surface area (Å²) in [6.07, 6.45) is -0.838. The molecule has 43 heavy (non-hydrogen) atoms. The van der Waals surface area contributed by atoms with E-state index in [2.05, 4.69) is 10.6 Å². The van der Waals surface area contributed by atoms with Crippen molar-refractivity contribution in [2.45, 2.75) is 51.8 Å². The molecular formula is C32H39N3O8. The zero-order valence-electron chi connectivity index (χ0n) is 25.0. The van der Waals surface area contributed by atoms with Crippen molar-refractivity contribution < 1.29 is 39.2 Å². The number of aliphatic hydroxyl groups excluding tert-OH is 1. The summed E-state index contributed by atoms with van der Waals surface area (Å²) in [6, 6.07) is 14.8. The third kappa shape index (κ3) is 9.37. The van der Waals surface area contributed by atoms with Crippen LogP contribution >= 0.6 is 0 Å². The highest BCUT2D eigenvalue weighted by Crippen LogP contribution is 2.29. The highest BCUT2D eigenvalue weighted by molar-refractivity contribution is 5.99. The van der Waals surface area contributed by atoms with E-state index in [-0.39, 0.29) is 24.5 Å². The van der Waals surface area contributed by atoms with Gasteiger partial charge in [-0.05, 0) is 92.9 Å². The maximum Gasteiger partial charge on any atom is 0.408 e. The zero-order valence-corrected chi connectivity index (χ0v) is 25.0. The first-order valence-corrected chi connectivity index (χ1v) is 13.7. The summed E-state index contributed by atoms with van der Waals surface area (Å²) in [5, 5.41) is 35.3. The van der Waals surface area contributed by atoms with Gasteiger partial charge >= 0.3 is 6.09 Å². The molecule has 3 amide bonds. The summed E-state index contributed by atoms with van der Waals surface area (Å²) in [5.41, 5.74) is 1.07. The van der Waals surface area contributed by atoms with Gasteiger partial charge in [0, 0.05) is 18.7 Å². The number of nitrogens with zero attached hydrogens (tertiary/aromatic N) is 1. The van der Waals surface area contributed by atoms with Crippen LogP contribution in [0, 0.1) is 6.92 Å². The first-order chi connectivity index (χ1) is 20.3. The summed E-state index contributed by atoms with van der Waals surface area (Å²) in [6.45, 7) is 6.00. The number of benzene rings is 3. The number of anilines is 1. The number of hydrogen-bond acceptors (Lipinski definition) is 8. The van der Waals surface area contributed by atoms with Gasteiger partial charge in [0.05, 0.1) is 13.7 Å². The molecule has 0 saturated carbocycles. The number of aliphatic hydroxyl groups is 1. The molecule has 0 saturated heterocycles. The molecular weight excluding hydrogens is 554 g/mol. The Morgan fingerprint density at radius 2 is 1.60 bits per heavy atom. The first kappa shape index (κ1) is 32.7. The van der Waals surface area contributed by atoms with Gasteiger partial charge in [-0.2, -0.15) is 0 Å². The van der Waals surface area contributed by atoms with Crippen LogP contribution in [0.2, 0.25) is 0 Å². The highest BCUT2D eigenvalue weighted by Gasteiger charge is 2.36. The number of hydrogen-bond donors (Lipinski definition) is 5. The van der Waals surface area contributed by atoms with Gasteiger partial charge in [-0.15, -0.1) is 0 Å². The molecule has 5 N–H and O–H groups in total. The Bertz CT molecular complexity index is 1400. The predicted molar refractivity (Wildman–Crippen MR) is 161 cm³/mol. The quantitative estimate of drug-likeness (QED) is 0.223. The summed E-state index contributed by atoms with van der Waals surface area (Å²) >= 11 is 0. The molecule has 230 valence electrons. The molecule has 0 bridgehead atoms. The number of aromatic hydroxyl groups is 2. The van der Waals surface area contributed by atoms with Crippen molar-refractivity contribution in [2.75, 3.05) is 25.6 Å². The molecule has 2 atom stereocenters. The fraction of sp³-hybridized carbons (Fsp3) is 0.344. The molecule has 0 aliphatic heterocycles. The van der Waals surface area contributed by atoms with E-state index >= 15 is 0 Å². The number of alkyl carbamates (subject to hydrolysis) is 1. The average molecular weight is 594 g/mol. The van der Waals surface area contributed by atoms with E-state index in [4.69, 9.17) is 9.47 Å². The lowest BCUT2D eigenvalue weighted by Crippen LogP contribution is -2.53. The SMILES string of the molecule is COc1ccc(NC(=O)C(c2ccc(O)c(C)c2)N(CCO)C(=O)C(Cc2ccc(O)cc2)NC(=O)OC(C)(C)C)cc1. The van der Waals surface area contributed by atoms with Crippen LogP contribution < -0.4 is 15.4 Å². The van der Waals surface area contributed by atoms with Crippen LogP contribution in [0.25, 0.3) is 0 Å². The van der Waals surface area contributed by atoms with Crippen LogP contribution in [0.5, 0.6) is 17.2 Å². The largest absolute Gasteiger partial charge is 0.508 e. The summed E-state index contributed by atoms with van der Waals surface area (Å²) in [4.78, 5) is 42.2. The van der Waals surface area contributed by atoms with E-state index in [1.165, 1.54) is 36.3 Å². The minimum absolute atomic E-state index is 0.00170. The van der Waals surface area contributed by atoms with Gasteiger partial charge in [0.2, 0.25) is 5.91 Å². The number of nitrogens with one attached hydrogen (secondary N) is 2. The van der Waals surface area contributed by atoms with Crippen molar-refractivity contribution in [3.63, 3.8) is 0 Å². The Morgan fingerprint density at radius 1 is 0.953 bits per heavy atom. The maximum atomic E-state index is 14.3. The van der Waals surface area contributed by atoms with Gasteiger partial charge in [0.15, 0.2) is 0 Å². The Morgan fingerprint density at radius 3 is 2.16 bits per heavy atom. The summed E-state index contributed by atoms with van der Waals surface area (Å²) in [7, 11) is 1.52. The van der Waals surface area contributed by atoms with E-state index < -0.39 is 42.2 Å². The van der Waals surface area contributed by atoms with E-state index in [0.717, 1.165) is 0 Å². The lowest BCUT2D eigenvalue weighted by molar-refractivity contribution is -0.141. The molecule has 3 aromatic rings. The molecule has 0 aliphatic carbocycles. The third-order valence-electron chi connectivity index (χ3n) is 6.44. The van der Waals surface area contributed by atoms with Crippen molar-refractivity contribution in [3.05, 3.63) is 83.4 Å². The second-order valence-corrected chi connectivity index (χ2v) is 11.0. The van der Waals surface area contributed by atoms with Crippen molar-refractivity contribution in [2.24, 2.45) is 0 Å². The molecule has 0 spiro atoms. The van der Waals surface area contributed by atoms with Crippen molar-refractivity contribution >= 4 is 23.6 Å². The van der Waals surface area contributed by atoms with Crippen LogP contribution in [0.4, 0.5) is 10.5 Å². The predicted octanol–water partition coefficient (Wildman–Crippen LogP) is 4.05. The van der Waals surface area contributed by atoms with Crippen LogP contribution in [0.15, 0.2) is 66.7 Å². The van der Waals surface area contributed by atoms with Crippen molar-refractivity contribution in [1.82, 2.24) is 10.2 Å². The molecule has 0 heterocycles.